The molecule has 4 nitrogen and oxygen atoms in total. The number of nitrogens with two attached hydrogens (primary N) is 1. The summed E-state index contributed by atoms with van der Waals surface area (Å²) in [4.78, 5) is 16.7. The second-order valence-electron chi connectivity index (χ2n) is 3.43. The Kier molecular flexibility index (Phi) is 3.06. The van der Waals surface area contributed by atoms with Crippen LogP contribution in [0.1, 0.15) is 14.5 Å². The van der Waals surface area contributed by atoms with Crippen LogP contribution in [0.15, 0.2) is 24.5 Å². The molecule has 0 spiro atoms. The monoisotopic (exact) mass is 251 g/mol. The second-order valence-corrected chi connectivity index (χ2v) is 4.69. The number of carbonyl (C=O) groups is 1. The van der Waals surface area contributed by atoms with Crippen molar-refractivity contribution in [1.29, 1.82) is 0 Å². The fourth-order valence-corrected chi connectivity index (χ4v) is 2.10. The Labute approximate surface area is 101 Å². The molecule has 0 atom stereocenters. The van der Waals surface area contributed by atoms with E-state index in [1.807, 2.05) is 6.92 Å². The van der Waals surface area contributed by atoms with Crippen molar-refractivity contribution in [2.45, 2.75) is 6.92 Å². The highest BCUT2D eigenvalue weighted by atomic mass is 32.1. The molecule has 0 radical (unpaired) electrons. The molecule has 0 saturated heterocycles. The van der Waals surface area contributed by atoms with Crippen LogP contribution in [-0.2, 0) is 0 Å². The number of anilines is 2. The lowest BCUT2D eigenvalue weighted by Gasteiger charge is -2.03. The van der Waals surface area contributed by atoms with E-state index in [0.717, 1.165) is 11.1 Å². The van der Waals surface area contributed by atoms with Crippen molar-refractivity contribution in [3.63, 3.8) is 0 Å². The summed E-state index contributed by atoms with van der Waals surface area (Å²) in [6.07, 6.45) is 2.45. The average Bonchev–Trinajstić information content (AvgIpc) is 2.63. The maximum atomic E-state index is 13.3. The summed E-state index contributed by atoms with van der Waals surface area (Å²) in [5, 5.41) is 2.47. The fourth-order valence-electron chi connectivity index (χ4n) is 1.27. The SMILES string of the molecule is Cc1sc(C(=O)Nc2ccncc2F)cc1N. The Hall–Kier alpha value is -1.95. The third-order valence-corrected chi connectivity index (χ3v) is 3.27. The number of halogens is 1. The lowest BCUT2D eigenvalue weighted by Crippen LogP contribution is -2.11. The summed E-state index contributed by atoms with van der Waals surface area (Å²) in [5.74, 6) is -0.943. The molecule has 0 bridgehead atoms. The third-order valence-electron chi connectivity index (χ3n) is 2.20. The van der Waals surface area contributed by atoms with E-state index < -0.39 is 5.82 Å². The molecule has 17 heavy (non-hydrogen) atoms. The molecule has 2 aromatic heterocycles. The fraction of sp³-hybridized carbons (Fsp3) is 0.0909. The van der Waals surface area contributed by atoms with Gasteiger partial charge in [-0.2, -0.15) is 0 Å². The minimum atomic E-state index is -0.567. The highest BCUT2D eigenvalue weighted by Crippen LogP contribution is 2.24. The van der Waals surface area contributed by atoms with Gasteiger partial charge in [-0.15, -0.1) is 11.3 Å². The Balaban J connectivity index is 2.20. The van der Waals surface area contributed by atoms with Gasteiger partial charge in [-0.25, -0.2) is 4.39 Å². The van der Waals surface area contributed by atoms with Gasteiger partial charge in [-0.1, -0.05) is 0 Å². The van der Waals surface area contributed by atoms with Gasteiger partial charge in [0.15, 0.2) is 5.82 Å². The van der Waals surface area contributed by atoms with Crippen molar-refractivity contribution in [3.05, 3.63) is 40.1 Å². The van der Waals surface area contributed by atoms with Gasteiger partial charge in [0.25, 0.3) is 5.91 Å². The van der Waals surface area contributed by atoms with Gasteiger partial charge in [-0.05, 0) is 19.1 Å². The smallest absolute Gasteiger partial charge is 0.265 e. The Bertz CT molecular complexity index is 548. The molecule has 0 aliphatic heterocycles. The number of carbonyl (C=O) groups excluding carboxylic acids is 1. The van der Waals surface area contributed by atoms with Gasteiger partial charge in [0.05, 0.1) is 16.8 Å². The predicted molar refractivity (Wildman–Crippen MR) is 65.6 cm³/mol. The molecule has 0 aliphatic rings. The number of nitrogens with one attached hydrogen (secondary N) is 1. The molecule has 88 valence electrons. The van der Waals surface area contributed by atoms with Crippen LogP contribution in [0.4, 0.5) is 15.8 Å². The van der Waals surface area contributed by atoms with E-state index in [0.29, 0.717) is 10.6 Å². The zero-order valence-electron chi connectivity index (χ0n) is 9.03. The number of pyridine rings is 1. The number of hydrogen-bond donors (Lipinski definition) is 2. The minimum Gasteiger partial charge on any atom is -0.398 e. The van der Waals surface area contributed by atoms with Crippen molar-refractivity contribution in [3.8, 4) is 0 Å². The molecule has 2 aromatic rings. The van der Waals surface area contributed by atoms with Crippen molar-refractivity contribution in [1.82, 2.24) is 4.98 Å². The molecular formula is C11H10FN3OS. The largest absolute Gasteiger partial charge is 0.398 e. The normalized spacial score (nSPS) is 10.2. The van der Waals surface area contributed by atoms with E-state index >= 15 is 0 Å². The van der Waals surface area contributed by atoms with E-state index in [2.05, 4.69) is 10.3 Å². The molecule has 1 amide bonds. The Morgan fingerprint density at radius 1 is 1.59 bits per heavy atom. The van der Waals surface area contributed by atoms with Gasteiger partial charge in [-0.3, -0.25) is 9.78 Å². The summed E-state index contributed by atoms with van der Waals surface area (Å²) >= 11 is 1.27. The van der Waals surface area contributed by atoms with Crippen LogP contribution >= 0.6 is 11.3 Å². The zero-order valence-corrected chi connectivity index (χ0v) is 9.84. The molecule has 6 heteroatoms. The van der Waals surface area contributed by atoms with E-state index in [1.165, 1.54) is 23.6 Å². The molecular weight excluding hydrogens is 241 g/mol. The van der Waals surface area contributed by atoms with Crippen LogP contribution in [0.3, 0.4) is 0 Å². The van der Waals surface area contributed by atoms with Crippen molar-refractivity contribution >= 4 is 28.6 Å². The van der Waals surface area contributed by atoms with Gasteiger partial charge < -0.3 is 11.1 Å². The number of aryl methyl sites for hydroxylation is 1. The maximum absolute atomic E-state index is 13.3. The molecule has 2 heterocycles. The number of nitrogens with zero attached hydrogens (tertiary/aromatic N) is 1. The molecule has 0 fully saturated rings. The van der Waals surface area contributed by atoms with Crippen LogP contribution in [0.25, 0.3) is 0 Å². The first-order valence-electron chi connectivity index (χ1n) is 4.84. The van der Waals surface area contributed by atoms with Crippen LogP contribution in [0, 0.1) is 12.7 Å². The molecule has 0 aliphatic carbocycles. The van der Waals surface area contributed by atoms with Crippen LogP contribution in [-0.4, -0.2) is 10.9 Å². The lowest BCUT2D eigenvalue weighted by molar-refractivity contribution is 0.103. The van der Waals surface area contributed by atoms with Gasteiger partial charge in [0.1, 0.15) is 0 Å². The predicted octanol–water partition coefficient (Wildman–Crippen LogP) is 2.43. The standard InChI is InChI=1S/C11H10FN3OS/c1-6-8(13)4-10(17-6)11(16)15-9-2-3-14-5-7(9)12/h2-5H,13H2,1H3,(H,14,15,16). The summed E-state index contributed by atoms with van der Waals surface area (Å²) in [6, 6.07) is 2.98. The summed E-state index contributed by atoms with van der Waals surface area (Å²) in [7, 11) is 0. The van der Waals surface area contributed by atoms with Crippen molar-refractivity contribution in [2.75, 3.05) is 11.1 Å². The van der Waals surface area contributed by atoms with E-state index in [-0.39, 0.29) is 11.6 Å². The highest BCUT2D eigenvalue weighted by Gasteiger charge is 2.12. The summed E-state index contributed by atoms with van der Waals surface area (Å²) in [5.41, 5.74) is 6.32. The van der Waals surface area contributed by atoms with E-state index in [9.17, 15) is 9.18 Å². The number of rotatable bonds is 2. The zero-order chi connectivity index (χ0) is 12.4. The van der Waals surface area contributed by atoms with E-state index in [1.54, 1.807) is 6.07 Å². The molecule has 0 unspecified atom stereocenters. The highest BCUT2D eigenvalue weighted by molar-refractivity contribution is 7.14. The van der Waals surface area contributed by atoms with Gasteiger partial charge in [0, 0.05) is 16.8 Å². The third kappa shape index (κ3) is 2.42. The first-order chi connectivity index (χ1) is 8.08. The van der Waals surface area contributed by atoms with Crippen LogP contribution in [0.5, 0.6) is 0 Å². The molecule has 0 saturated carbocycles. The second kappa shape index (κ2) is 4.50. The van der Waals surface area contributed by atoms with Crippen LogP contribution in [0.2, 0.25) is 0 Å². The number of amides is 1. The number of nitrogen functional groups attached to an aromatic ring is 1. The van der Waals surface area contributed by atoms with Crippen molar-refractivity contribution in [2.24, 2.45) is 0 Å². The Morgan fingerprint density at radius 3 is 2.94 bits per heavy atom. The average molecular weight is 251 g/mol. The van der Waals surface area contributed by atoms with Gasteiger partial charge in [0.2, 0.25) is 0 Å². The number of hydrogen-bond acceptors (Lipinski definition) is 4. The van der Waals surface area contributed by atoms with Crippen LogP contribution < -0.4 is 11.1 Å². The minimum absolute atomic E-state index is 0.106. The first-order valence-corrected chi connectivity index (χ1v) is 5.66. The lowest BCUT2D eigenvalue weighted by atomic mass is 10.3. The molecule has 3 N–H and O–H groups in total. The topological polar surface area (TPSA) is 68.0 Å². The summed E-state index contributed by atoms with van der Waals surface area (Å²) in [6.45, 7) is 1.82. The number of thiophene rings is 1. The quantitative estimate of drug-likeness (QED) is 0.861. The van der Waals surface area contributed by atoms with E-state index in [4.69, 9.17) is 5.73 Å². The Morgan fingerprint density at radius 2 is 2.35 bits per heavy atom. The first kappa shape index (κ1) is 11.5. The maximum Gasteiger partial charge on any atom is 0.265 e. The summed E-state index contributed by atoms with van der Waals surface area (Å²) < 4.78 is 13.3. The van der Waals surface area contributed by atoms with Gasteiger partial charge >= 0.3 is 0 Å². The molecule has 2 rings (SSSR count). The van der Waals surface area contributed by atoms with Crippen molar-refractivity contribution < 1.29 is 9.18 Å². The number of aromatic nitrogens is 1. The molecule has 0 aromatic carbocycles.